The number of ether oxygens (including phenoxy) is 1. The van der Waals surface area contributed by atoms with Gasteiger partial charge in [0, 0.05) is 32.3 Å². The quantitative estimate of drug-likeness (QED) is 0.688. The van der Waals surface area contributed by atoms with Gasteiger partial charge in [0.2, 0.25) is 0 Å². The summed E-state index contributed by atoms with van der Waals surface area (Å²) in [6.07, 6.45) is 1.83. The second-order valence-corrected chi connectivity index (χ2v) is 7.59. The second-order valence-electron chi connectivity index (χ2n) is 5.88. The molecule has 0 bridgehead atoms. The molecule has 1 aliphatic rings. The molecule has 1 rings (SSSR count). The lowest BCUT2D eigenvalue weighted by Crippen LogP contribution is -2.49. The third-order valence-corrected chi connectivity index (χ3v) is 5.24. The summed E-state index contributed by atoms with van der Waals surface area (Å²) in [5.74, 6) is 0.570. The highest BCUT2D eigenvalue weighted by atomic mass is 32.2. The highest BCUT2D eigenvalue weighted by Crippen LogP contribution is 2.18. The van der Waals surface area contributed by atoms with Gasteiger partial charge < -0.3 is 10.1 Å². The van der Waals surface area contributed by atoms with E-state index < -0.39 is 10.2 Å². The van der Waals surface area contributed by atoms with Crippen LogP contribution in [0.5, 0.6) is 0 Å². The summed E-state index contributed by atoms with van der Waals surface area (Å²) in [6, 6.07) is 0.277. The fraction of sp³-hybridized carbons (Fsp3) is 1.00. The van der Waals surface area contributed by atoms with Gasteiger partial charge in [0.05, 0.1) is 6.61 Å². The molecule has 1 saturated heterocycles. The van der Waals surface area contributed by atoms with Gasteiger partial charge in [0.25, 0.3) is 10.2 Å². The number of hydrogen-bond acceptors (Lipinski definition) is 4. The number of rotatable bonds is 8. The monoisotopic (exact) mass is 307 g/mol. The number of nitrogens with zero attached hydrogens (tertiary/aromatic N) is 1. The molecule has 2 N–H and O–H groups in total. The molecule has 0 aromatic heterocycles. The highest BCUT2D eigenvalue weighted by molar-refractivity contribution is 7.87. The molecule has 120 valence electrons. The molecule has 1 aliphatic heterocycles. The molecule has 0 spiro atoms. The van der Waals surface area contributed by atoms with Crippen LogP contribution in [0.2, 0.25) is 0 Å². The van der Waals surface area contributed by atoms with Gasteiger partial charge in [0.1, 0.15) is 0 Å². The van der Waals surface area contributed by atoms with Gasteiger partial charge in [-0.15, -0.1) is 0 Å². The van der Waals surface area contributed by atoms with Gasteiger partial charge in [-0.2, -0.15) is 17.4 Å². The van der Waals surface area contributed by atoms with Crippen LogP contribution in [0.4, 0.5) is 0 Å². The van der Waals surface area contributed by atoms with Crippen molar-refractivity contribution in [1.82, 2.24) is 14.3 Å². The van der Waals surface area contributed by atoms with Crippen molar-refractivity contribution in [2.24, 2.45) is 5.92 Å². The maximum atomic E-state index is 12.2. The fourth-order valence-corrected chi connectivity index (χ4v) is 3.79. The second kappa shape index (κ2) is 8.29. The molecule has 0 aliphatic carbocycles. The maximum absolute atomic E-state index is 12.2. The van der Waals surface area contributed by atoms with Gasteiger partial charge in [0.15, 0.2) is 0 Å². The highest BCUT2D eigenvalue weighted by Gasteiger charge is 2.28. The van der Waals surface area contributed by atoms with Crippen molar-refractivity contribution in [2.75, 3.05) is 33.4 Å². The summed E-state index contributed by atoms with van der Waals surface area (Å²) in [5, 5.41) is 3.42. The predicted octanol–water partition coefficient (Wildman–Crippen LogP) is 0.566. The van der Waals surface area contributed by atoms with Gasteiger partial charge in [-0.3, -0.25) is 0 Å². The molecular weight excluding hydrogens is 278 g/mol. The first-order chi connectivity index (χ1) is 9.35. The molecule has 0 amide bonds. The van der Waals surface area contributed by atoms with Crippen molar-refractivity contribution in [1.29, 1.82) is 0 Å². The van der Waals surface area contributed by atoms with Gasteiger partial charge in [-0.1, -0.05) is 13.8 Å². The average molecular weight is 307 g/mol. The first kappa shape index (κ1) is 17.8. The van der Waals surface area contributed by atoms with E-state index in [1.54, 1.807) is 18.3 Å². The number of nitrogens with one attached hydrogen (secondary N) is 2. The van der Waals surface area contributed by atoms with Crippen LogP contribution in [0.25, 0.3) is 0 Å². The third kappa shape index (κ3) is 6.05. The number of methoxy groups -OCH3 is 1. The first-order valence-corrected chi connectivity index (χ1v) is 8.79. The first-order valence-electron chi connectivity index (χ1n) is 7.35. The van der Waals surface area contributed by atoms with E-state index in [-0.39, 0.29) is 6.04 Å². The Labute approximate surface area is 123 Å². The normalized spacial score (nSPS) is 20.4. The van der Waals surface area contributed by atoms with E-state index in [1.165, 1.54) is 0 Å². The Balaban J connectivity index is 2.39. The van der Waals surface area contributed by atoms with E-state index in [0.29, 0.717) is 31.7 Å². The molecule has 0 radical (unpaired) electrons. The fourth-order valence-electron chi connectivity index (χ4n) is 2.37. The molecule has 20 heavy (non-hydrogen) atoms. The summed E-state index contributed by atoms with van der Waals surface area (Å²) in [7, 11) is -1.81. The van der Waals surface area contributed by atoms with Gasteiger partial charge in [-0.05, 0) is 32.2 Å². The summed E-state index contributed by atoms with van der Waals surface area (Å²) in [5.41, 5.74) is 0. The molecule has 0 aromatic rings. The largest absolute Gasteiger partial charge is 0.383 e. The lowest BCUT2D eigenvalue weighted by molar-refractivity contribution is 0.178. The summed E-state index contributed by atoms with van der Waals surface area (Å²) in [4.78, 5) is 0. The predicted molar refractivity (Wildman–Crippen MR) is 80.8 cm³/mol. The van der Waals surface area contributed by atoms with E-state index >= 15 is 0 Å². The molecule has 0 saturated carbocycles. The smallest absolute Gasteiger partial charge is 0.279 e. The van der Waals surface area contributed by atoms with Crippen molar-refractivity contribution in [3.8, 4) is 0 Å². The zero-order valence-corrected chi connectivity index (χ0v) is 13.9. The van der Waals surface area contributed by atoms with Crippen molar-refractivity contribution < 1.29 is 13.2 Å². The summed E-state index contributed by atoms with van der Waals surface area (Å²) in [6.45, 7) is 8.60. The minimum Gasteiger partial charge on any atom is -0.383 e. The summed E-state index contributed by atoms with van der Waals surface area (Å²) >= 11 is 0. The SMILES string of the molecule is COCC(C)NS(=O)(=O)N1CCC(CNC(C)C)CC1. The molecule has 7 heteroatoms. The molecule has 1 heterocycles. The lowest BCUT2D eigenvalue weighted by Gasteiger charge is -2.32. The van der Waals surface area contributed by atoms with Crippen LogP contribution in [-0.4, -0.2) is 58.2 Å². The number of hydrogen-bond donors (Lipinski definition) is 2. The zero-order chi connectivity index (χ0) is 15.2. The molecule has 6 nitrogen and oxygen atoms in total. The van der Waals surface area contributed by atoms with Crippen LogP contribution < -0.4 is 10.0 Å². The topological polar surface area (TPSA) is 70.7 Å². The van der Waals surface area contributed by atoms with E-state index in [2.05, 4.69) is 23.9 Å². The van der Waals surface area contributed by atoms with Gasteiger partial charge in [-0.25, -0.2) is 0 Å². The molecule has 0 aromatic carbocycles. The standard InChI is InChI=1S/C13H29N3O3S/c1-11(2)14-9-13-5-7-16(8-6-13)20(17,18)15-12(3)10-19-4/h11-15H,5-10H2,1-4H3. The van der Waals surface area contributed by atoms with E-state index in [9.17, 15) is 8.42 Å². The minimum absolute atomic E-state index is 0.203. The Morgan fingerprint density at radius 3 is 2.35 bits per heavy atom. The van der Waals surface area contributed by atoms with Crippen LogP contribution in [-0.2, 0) is 14.9 Å². The van der Waals surface area contributed by atoms with Crippen LogP contribution >= 0.6 is 0 Å². The Hall–Kier alpha value is -0.210. The Kier molecular flexibility index (Phi) is 7.39. The van der Waals surface area contributed by atoms with Crippen LogP contribution in [0.1, 0.15) is 33.6 Å². The van der Waals surface area contributed by atoms with E-state index in [0.717, 1.165) is 19.4 Å². The van der Waals surface area contributed by atoms with Crippen molar-refractivity contribution in [3.05, 3.63) is 0 Å². The molecule has 1 atom stereocenters. The Morgan fingerprint density at radius 2 is 1.85 bits per heavy atom. The molecule has 1 fully saturated rings. The average Bonchev–Trinajstić information content (AvgIpc) is 2.36. The number of piperidine rings is 1. The van der Waals surface area contributed by atoms with Crippen LogP contribution in [0.15, 0.2) is 0 Å². The van der Waals surface area contributed by atoms with Crippen molar-refractivity contribution in [2.45, 2.75) is 45.7 Å². The zero-order valence-electron chi connectivity index (χ0n) is 13.1. The summed E-state index contributed by atoms with van der Waals surface area (Å²) < 4.78 is 33.5. The van der Waals surface area contributed by atoms with Gasteiger partial charge >= 0.3 is 0 Å². The van der Waals surface area contributed by atoms with Crippen molar-refractivity contribution in [3.63, 3.8) is 0 Å². The van der Waals surface area contributed by atoms with E-state index in [1.807, 2.05) is 0 Å². The minimum atomic E-state index is -3.38. The molecular formula is C13H29N3O3S. The van der Waals surface area contributed by atoms with E-state index in [4.69, 9.17) is 4.74 Å². The third-order valence-electron chi connectivity index (χ3n) is 3.49. The molecule has 1 unspecified atom stereocenters. The maximum Gasteiger partial charge on any atom is 0.279 e. The lowest BCUT2D eigenvalue weighted by atomic mass is 9.98. The Morgan fingerprint density at radius 1 is 1.25 bits per heavy atom. The van der Waals surface area contributed by atoms with Crippen LogP contribution in [0.3, 0.4) is 0 Å². The van der Waals surface area contributed by atoms with Crippen LogP contribution in [0, 0.1) is 5.92 Å². The Bertz CT molecular complexity index is 365. The van der Waals surface area contributed by atoms with Crippen molar-refractivity contribution >= 4 is 10.2 Å².